The van der Waals surface area contributed by atoms with Crippen molar-refractivity contribution in [2.75, 3.05) is 7.05 Å². The molecule has 1 fully saturated rings. The van der Waals surface area contributed by atoms with Crippen molar-refractivity contribution in [3.05, 3.63) is 24.2 Å². The van der Waals surface area contributed by atoms with E-state index in [1.807, 2.05) is 11.9 Å². The minimum atomic E-state index is -0.536. The lowest BCUT2D eigenvalue weighted by molar-refractivity contribution is -0.135. The van der Waals surface area contributed by atoms with Crippen molar-refractivity contribution in [3.63, 3.8) is 0 Å². The summed E-state index contributed by atoms with van der Waals surface area (Å²) in [7, 11) is 1.84. The highest BCUT2D eigenvalue weighted by Gasteiger charge is 2.30. The Bertz CT molecular complexity index is 484. The summed E-state index contributed by atoms with van der Waals surface area (Å²) < 4.78 is 4.88. The molecule has 5 heteroatoms. The zero-order valence-electron chi connectivity index (χ0n) is 13.0. The number of hydrogen-bond acceptors (Lipinski definition) is 3. The minimum Gasteiger partial charge on any atom is -0.472 e. The maximum Gasteiger partial charge on any atom is 0.255 e. The molecule has 1 N–H and O–H groups in total. The Balaban J connectivity index is 1.93. The van der Waals surface area contributed by atoms with Gasteiger partial charge in [-0.15, -0.1) is 0 Å². The molecule has 5 nitrogen and oxygen atoms in total. The van der Waals surface area contributed by atoms with Gasteiger partial charge < -0.3 is 14.6 Å². The highest BCUT2D eigenvalue weighted by molar-refractivity contribution is 5.97. The van der Waals surface area contributed by atoms with Crippen LogP contribution in [0.25, 0.3) is 0 Å². The van der Waals surface area contributed by atoms with Crippen molar-refractivity contribution < 1.29 is 14.0 Å². The fourth-order valence-electron chi connectivity index (χ4n) is 3.08. The van der Waals surface area contributed by atoms with Crippen LogP contribution in [0, 0.1) is 5.92 Å². The molecule has 21 heavy (non-hydrogen) atoms. The topological polar surface area (TPSA) is 62.6 Å². The predicted molar refractivity (Wildman–Crippen MR) is 79.8 cm³/mol. The summed E-state index contributed by atoms with van der Waals surface area (Å²) >= 11 is 0. The maximum absolute atomic E-state index is 12.5. The average Bonchev–Trinajstić information content (AvgIpc) is 3.00. The van der Waals surface area contributed by atoms with Crippen LogP contribution >= 0.6 is 0 Å². The highest BCUT2D eigenvalue weighted by Crippen LogP contribution is 2.27. The first-order valence-corrected chi connectivity index (χ1v) is 7.60. The maximum atomic E-state index is 12.5. The third kappa shape index (κ3) is 3.65. The molecule has 0 spiro atoms. The average molecular weight is 292 g/mol. The third-order valence-corrected chi connectivity index (χ3v) is 4.41. The van der Waals surface area contributed by atoms with Crippen LogP contribution in [-0.4, -0.2) is 35.8 Å². The number of nitrogens with one attached hydrogen (secondary N) is 1. The van der Waals surface area contributed by atoms with Gasteiger partial charge in [0.05, 0.1) is 11.8 Å². The first-order valence-electron chi connectivity index (χ1n) is 7.60. The van der Waals surface area contributed by atoms with Crippen LogP contribution in [-0.2, 0) is 4.79 Å². The standard InChI is InChI=1S/C16H24N2O3/c1-11-6-4-5-7-14(11)18(3)16(20)12(2)17-15(19)13-8-9-21-10-13/h8-12,14H,4-7H2,1-3H3,(H,17,19)/t11-,12-,14+/m0/s1. The molecule has 0 unspecified atom stereocenters. The van der Waals surface area contributed by atoms with Crippen LogP contribution in [0.3, 0.4) is 0 Å². The first kappa shape index (κ1) is 15.6. The summed E-state index contributed by atoms with van der Waals surface area (Å²) in [5.74, 6) is 0.199. The summed E-state index contributed by atoms with van der Waals surface area (Å²) in [6.07, 6.45) is 7.44. The summed E-state index contributed by atoms with van der Waals surface area (Å²) in [5.41, 5.74) is 0.434. The van der Waals surface area contributed by atoms with Gasteiger partial charge in [-0.2, -0.15) is 0 Å². The molecular formula is C16H24N2O3. The molecule has 0 bridgehead atoms. The van der Waals surface area contributed by atoms with E-state index < -0.39 is 6.04 Å². The molecule has 0 saturated heterocycles. The Morgan fingerprint density at radius 3 is 2.71 bits per heavy atom. The van der Waals surface area contributed by atoms with Crippen LogP contribution in [0.2, 0.25) is 0 Å². The van der Waals surface area contributed by atoms with Gasteiger partial charge in [0.2, 0.25) is 5.91 Å². The van der Waals surface area contributed by atoms with E-state index in [0.29, 0.717) is 11.5 Å². The Labute approximate surface area is 125 Å². The number of hydrogen-bond donors (Lipinski definition) is 1. The largest absolute Gasteiger partial charge is 0.472 e. The third-order valence-electron chi connectivity index (χ3n) is 4.41. The van der Waals surface area contributed by atoms with Crippen molar-refractivity contribution in [1.29, 1.82) is 0 Å². The van der Waals surface area contributed by atoms with E-state index in [1.54, 1.807) is 13.0 Å². The Hall–Kier alpha value is -1.78. The van der Waals surface area contributed by atoms with Gasteiger partial charge in [0.25, 0.3) is 5.91 Å². The molecule has 0 aliphatic heterocycles. The Morgan fingerprint density at radius 1 is 1.38 bits per heavy atom. The van der Waals surface area contributed by atoms with Crippen molar-refractivity contribution in [1.82, 2.24) is 10.2 Å². The molecule has 1 aliphatic rings. The fraction of sp³-hybridized carbons (Fsp3) is 0.625. The van der Waals surface area contributed by atoms with Crippen LogP contribution < -0.4 is 5.32 Å². The number of nitrogens with zero attached hydrogens (tertiary/aromatic N) is 1. The second-order valence-electron chi connectivity index (χ2n) is 5.99. The second kappa shape index (κ2) is 6.78. The molecule has 1 saturated carbocycles. The van der Waals surface area contributed by atoms with Gasteiger partial charge in [-0.1, -0.05) is 19.8 Å². The molecule has 3 atom stereocenters. The Kier molecular flexibility index (Phi) is 5.04. The van der Waals surface area contributed by atoms with Gasteiger partial charge in [0.1, 0.15) is 12.3 Å². The van der Waals surface area contributed by atoms with E-state index in [1.165, 1.54) is 25.4 Å². The van der Waals surface area contributed by atoms with Crippen LogP contribution in [0.1, 0.15) is 49.9 Å². The summed E-state index contributed by atoms with van der Waals surface area (Å²) in [5, 5.41) is 2.73. The quantitative estimate of drug-likeness (QED) is 0.927. The van der Waals surface area contributed by atoms with Crippen molar-refractivity contribution in [2.45, 2.75) is 51.6 Å². The fourth-order valence-corrected chi connectivity index (χ4v) is 3.08. The lowest BCUT2D eigenvalue weighted by atomic mass is 9.85. The van der Waals surface area contributed by atoms with Gasteiger partial charge in [-0.05, 0) is 31.7 Å². The van der Waals surface area contributed by atoms with E-state index in [-0.39, 0.29) is 17.9 Å². The number of amides is 2. The van der Waals surface area contributed by atoms with Gasteiger partial charge in [0.15, 0.2) is 0 Å². The molecule has 0 radical (unpaired) electrons. The number of rotatable bonds is 4. The van der Waals surface area contributed by atoms with E-state index >= 15 is 0 Å². The Morgan fingerprint density at radius 2 is 2.10 bits per heavy atom. The van der Waals surface area contributed by atoms with Crippen LogP contribution in [0.5, 0.6) is 0 Å². The van der Waals surface area contributed by atoms with Gasteiger partial charge in [-0.25, -0.2) is 0 Å². The zero-order chi connectivity index (χ0) is 15.4. The molecule has 2 rings (SSSR count). The molecule has 1 aliphatic carbocycles. The lowest BCUT2D eigenvalue weighted by Crippen LogP contribution is -2.51. The van der Waals surface area contributed by atoms with E-state index in [4.69, 9.17) is 4.42 Å². The predicted octanol–water partition coefficient (Wildman–Crippen LogP) is 2.44. The number of likely N-dealkylation sites (N-methyl/N-ethyl adjacent to an activating group) is 1. The van der Waals surface area contributed by atoms with Gasteiger partial charge >= 0.3 is 0 Å². The van der Waals surface area contributed by atoms with Crippen molar-refractivity contribution in [3.8, 4) is 0 Å². The van der Waals surface area contributed by atoms with E-state index in [0.717, 1.165) is 12.8 Å². The lowest BCUT2D eigenvalue weighted by Gasteiger charge is -2.37. The second-order valence-corrected chi connectivity index (χ2v) is 5.99. The smallest absolute Gasteiger partial charge is 0.255 e. The number of furan rings is 1. The zero-order valence-corrected chi connectivity index (χ0v) is 13.0. The number of carbonyl (C=O) groups is 2. The highest BCUT2D eigenvalue weighted by atomic mass is 16.3. The van der Waals surface area contributed by atoms with E-state index in [9.17, 15) is 9.59 Å². The summed E-state index contributed by atoms with van der Waals surface area (Å²) in [4.78, 5) is 26.2. The van der Waals surface area contributed by atoms with Crippen molar-refractivity contribution in [2.24, 2.45) is 5.92 Å². The van der Waals surface area contributed by atoms with Crippen LogP contribution in [0.15, 0.2) is 23.0 Å². The monoisotopic (exact) mass is 292 g/mol. The first-order chi connectivity index (χ1) is 10.0. The molecule has 1 aromatic heterocycles. The molecule has 1 heterocycles. The molecule has 1 aromatic rings. The number of carbonyl (C=O) groups excluding carboxylic acids is 2. The van der Waals surface area contributed by atoms with Gasteiger partial charge in [-0.3, -0.25) is 9.59 Å². The molecule has 0 aromatic carbocycles. The molecule has 2 amide bonds. The SMILES string of the molecule is C[C@H](NC(=O)c1ccoc1)C(=O)N(C)[C@@H]1CCCC[C@@H]1C. The summed E-state index contributed by atoms with van der Waals surface area (Å²) in [6.45, 7) is 3.92. The molecular weight excluding hydrogens is 268 g/mol. The van der Waals surface area contributed by atoms with Crippen molar-refractivity contribution >= 4 is 11.8 Å². The van der Waals surface area contributed by atoms with Crippen LogP contribution in [0.4, 0.5) is 0 Å². The summed E-state index contributed by atoms with van der Waals surface area (Å²) in [6, 6.07) is 1.32. The van der Waals surface area contributed by atoms with Gasteiger partial charge in [0, 0.05) is 13.1 Å². The minimum absolute atomic E-state index is 0.0365. The van der Waals surface area contributed by atoms with E-state index in [2.05, 4.69) is 12.2 Å². The normalized spacial score (nSPS) is 23.4. The molecule has 116 valence electrons.